The lowest BCUT2D eigenvalue weighted by Gasteiger charge is -2.27. The van der Waals surface area contributed by atoms with E-state index in [1.807, 2.05) is 18.2 Å². The van der Waals surface area contributed by atoms with Crippen LogP contribution in [0.5, 0.6) is 5.75 Å². The van der Waals surface area contributed by atoms with E-state index < -0.39 is 0 Å². The van der Waals surface area contributed by atoms with Crippen LogP contribution in [0.25, 0.3) is 5.69 Å². The van der Waals surface area contributed by atoms with Crippen LogP contribution in [0.15, 0.2) is 46.9 Å². The first-order valence-electron chi connectivity index (χ1n) is 8.68. The summed E-state index contributed by atoms with van der Waals surface area (Å²) < 4.78 is 21.2. The van der Waals surface area contributed by atoms with E-state index in [2.05, 4.69) is 26.3 Å². The zero-order valence-electron chi connectivity index (χ0n) is 14.9. The maximum Gasteiger partial charge on any atom is 0.256 e. The zero-order valence-corrected chi connectivity index (χ0v) is 17.2. The third-order valence-corrected chi connectivity index (χ3v) is 5.46. The van der Waals surface area contributed by atoms with Crippen LogP contribution in [0.2, 0.25) is 5.15 Å². The van der Waals surface area contributed by atoms with Gasteiger partial charge in [0.05, 0.1) is 29.6 Å². The van der Waals surface area contributed by atoms with Crippen molar-refractivity contribution in [1.82, 2.24) is 15.1 Å². The molecule has 0 saturated carbocycles. The van der Waals surface area contributed by atoms with Gasteiger partial charge in [-0.15, -0.1) is 0 Å². The second kappa shape index (κ2) is 7.56. The molecule has 1 unspecified atom stereocenters. The molecule has 1 aromatic heterocycles. The van der Waals surface area contributed by atoms with Crippen molar-refractivity contribution in [3.8, 4) is 11.4 Å². The fraction of sp³-hybridized carbons (Fsp3) is 0.200. The Kier molecular flexibility index (Phi) is 5.12. The van der Waals surface area contributed by atoms with E-state index in [1.165, 1.54) is 16.8 Å². The first-order chi connectivity index (χ1) is 13.4. The Morgan fingerprint density at radius 1 is 1.32 bits per heavy atom. The van der Waals surface area contributed by atoms with Gasteiger partial charge in [0.15, 0.2) is 0 Å². The quantitative estimate of drug-likeness (QED) is 0.594. The van der Waals surface area contributed by atoms with Crippen LogP contribution in [-0.4, -0.2) is 22.3 Å². The molecule has 0 radical (unpaired) electrons. The fourth-order valence-corrected chi connectivity index (χ4v) is 3.99. The highest BCUT2D eigenvalue weighted by molar-refractivity contribution is 9.10. The average molecular weight is 465 g/mol. The van der Waals surface area contributed by atoms with Crippen molar-refractivity contribution in [3.63, 3.8) is 0 Å². The second-order valence-electron chi connectivity index (χ2n) is 6.48. The van der Waals surface area contributed by atoms with E-state index in [9.17, 15) is 9.18 Å². The van der Waals surface area contributed by atoms with Crippen LogP contribution in [-0.2, 0) is 0 Å². The number of benzene rings is 2. The molecular formula is C20H16BrClFN3O2. The van der Waals surface area contributed by atoms with Gasteiger partial charge in [0.1, 0.15) is 16.7 Å². The summed E-state index contributed by atoms with van der Waals surface area (Å²) in [4.78, 5) is 13.0. The van der Waals surface area contributed by atoms with Crippen molar-refractivity contribution < 1.29 is 13.9 Å². The molecule has 5 nitrogen and oxygen atoms in total. The number of aromatic nitrogens is 2. The maximum atomic E-state index is 13.2. The number of ether oxygens (including phenoxy) is 1. The van der Waals surface area contributed by atoms with Crippen LogP contribution < -0.4 is 10.1 Å². The van der Waals surface area contributed by atoms with E-state index in [1.54, 1.807) is 19.1 Å². The molecule has 0 bridgehead atoms. The van der Waals surface area contributed by atoms with Gasteiger partial charge in [-0.1, -0.05) is 27.5 Å². The first-order valence-corrected chi connectivity index (χ1v) is 9.85. The number of hydrogen-bond acceptors (Lipinski definition) is 3. The van der Waals surface area contributed by atoms with Crippen molar-refractivity contribution in [3.05, 3.63) is 74.7 Å². The maximum absolute atomic E-state index is 13.2. The Balaban J connectivity index is 1.63. The number of carbonyl (C=O) groups is 1. The van der Waals surface area contributed by atoms with Crippen molar-refractivity contribution in [2.24, 2.45) is 0 Å². The Hall–Kier alpha value is -2.38. The van der Waals surface area contributed by atoms with E-state index >= 15 is 0 Å². The average Bonchev–Trinajstić information content (AvgIpc) is 2.97. The molecule has 1 aliphatic heterocycles. The Morgan fingerprint density at radius 2 is 2.07 bits per heavy atom. The molecule has 4 rings (SSSR count). The first kappa shape index (κ1) is 19.0. The Bertz CT molecular complexity index is 1050. The SMILES string of the molecule is Cc1nn(-c2ccc(F)cc2)c(Cl)c1C(=O)NC1CCOc2ccc(Br)cc21. The molecule has 1 amide bonds. The van der Waals surface area contributed by atoms with E-state index in [4.69, 9.17) is 16.3 Å². The number of nitrogens with zero attached hydrogens (tertiary/aromatic N) is 2. The summed E-state index contributed by atoms with van der Waals surface area (Å²) in [5.41, 5.74) is 2.28. The van der Waals surface area contributed by atoms with Gasteiger partial charge in [-0.25, -0.2) is 9.07 Å². The third-order valence-electron chi connectivity index (χ3n) is 4.62. The van der Waals surface area contributed by atoms with Crippen LogP contribution in [0.1, 0.15) is 34.1 Å². The molecule has 0 saturated heterocycles. The predicted octanol–water partition coefficient (Wildman–Crippen LogP) is 4.99. The number of aryl methyl sites for hydroxylation is 1. The number of nitrogens with one attached hydrogen (secondary N) is 1. The van der Waals surface area contributed by atoms with Gasteiger partial charge in [0, 0.05) is 16.5 Å². The Morgan fingerprint density at radius 3 is 2.82 bits per heavy atom. The number of halogens is 3. The highest BCUT2D eigenvalue weighted by Gasteiger charge is 2.27. The van der Waals surface area contributed by atoms with Crippen molar-refractivity contribution >= 4 is 33.4 Å². The second-order valence-corrected chi connectivity index (χ2v) is 7.76. The van der Waals surface area contributed by atoms with E-state index in [0.29, 0.717) is 30.0 Å². The molecule has 3 aromatic rings. The van der Waals surface area contributed by atoms with Gasteiger partial charge in [-0.3, -0.25) is 4.79 Å². The number of fused-ring (bicyclic) bond motifs is 1. The number of rotatable bonds is 3. The fourth-order valence-electron chi connectivity index (χ4n) is 3.26. The molecule has 144 valence electrons. The summed E-state index contributed by atoms with van der Waals surface area (Å²) in [5.74, 6) is 0.0873. The molecule has 2 heterocycles. The predicted molar refractivity (Wildman–Crippen MR) is 108 cm³/mol. The number of amides is 1. The molecule has 1 atom stereocenters. The molecule has 0 fully saturated rings. The summed E-state index contributed by atoms with van der Waals surface area (Å²) in [7, 11) is 0. The molecule has 2 aromatic carbocycles. The van der Waals surface area contributed by atoms with Crippen LogP contribution in [0, 0.1) is 12.7 Å². The smallest absolute Gasteiger partial charge is 0.256 e. The van der Waals surface area contributed by atoms with E-state index in [0.717, 1.165) is 15.8 Å². The lowest BCUT2D eigenvalue weighted by molar-refractivity contribution is 0.0924. The minimum absolute atomic E-state index is 0.183. The molecule has 28 heavy (non-hydrogen) atoms. The van der Waals surface area contributed by atoms with E-state index in [-0.39, 0.29) is 22.9 Å². The number of carbonyl (C=O) groups excluding carboxylic acids is 1. The van der Waals surface area contributed by atoms with Crippen molar-refractivity contribution in [2.45, 2.75) is 19.4 Å². The zero-order chi connectivity index (χ0) is 19.8. The van der Waals surface area contributed by atoms with Gasteiger partial charge in [-0.2, -0.15) is 5.10 Å². The van der Waals surface area contributed by atoms with Gasteiger partial charge in [0.25, 0.3) is 5.91 Å². The van der Waals surface area contributed by atoms with Crippen LogP contribution in [0.3, 0.4) is 0 Å². The standard InChI is InChI=1S/C20H16BrClFN3O2/c1-11-18(19(22)26(25-11)14-5-3-13(23)4-6-14)20(27)24-16-8-9-28-17-7-2-12(21)10-15(16)17/h2-7,10,16H,8-9H2,1H3,(H,24,27). The number of hydrogen-bond donors (Lipinski definition) is 1. The van der Waals surface area contributed by atoms with Gasteiger partial charge in [-0.05, 0) is 49.4 Å². The summed E-state index contributed by atoms with van der Waals surface area (Å²) >= 11 is 9.91. The summed E-state index contributed by atoms with van der Waals surface area (Å²) in [6.07, 6.45) is 0.651. The molecule has 8 heteroatoms. The summed E-state index contributed by atoms with van der Waals surface area (Å²) in [5, 5.41) is 7.57. The summed E-state index contributed by atoms with van der Waals surface area (Å²) in [6, 6.07) is 11.3. The minimum Gasteiger partial charge on any atom is -0.493 e. The van der Waals surface area contributed by atoms with Gasteiger partial charge in [0.2, 0.25) is 0 Å². The van der Waals surface area contributed by atoms with Crippen LogP contribution >= 0.6 is 27.5 Å². The van der Waals surface area contributed by atoms with Crippen LogP contribution in [0.4, 0.5) is 4.39 Å². The normalized spacial score (nSPS) is 15.6. The molecular weight excluding hydrogens is 449 g/mol. The molecule has 0 aliphatic carbocycles. The lowest BCUT2D eigenvalue weighted by Crippen LogP contribution is -2.32. The highest BCUT2D eigenvalue weighted by atomic mass is 79.9. The van der Waals surface area contributed by atoms with Crippen molar-refractivity contribution in [2.75, 3.05) is 6.61 Å². The lowest BCUT2D eigenvalue weighted by atomic mass is 10.00. The molecule has 1 N–H and O–H groups in total. The minimum atomic E-state index is -0.355. The molecule has 0 spiro atoms. The monoisotopic (exact) mass is 463 g/mol. The largest absolute Gasteiger partial charge is 0.493 e. The van der Waals surface area contributed by atoms with Crippen molar-refractivity contribution in [1.29, 1.82) is 0 Å². The molecule has 1 aliphatic rings. The summed E-state index contributed by atoms with van der Waals surface area (Å²) in [6.45, 7) is 2.23. The van der Waals surface area contributed by atoms with Gasteiger partial charge >= 0.3 is 0 Å². The van der Waals surface area contributed by atoms with Gasteiger partial charge < -0.3 is 10.1 Å². The third kappa shape index (κ3) is 3.52. The highest BCUT2D eigenvalue weighted by Crippen LogP contribution is 2.34. The Labute approximate surface area is 174 Å². The topological polar surface area (TPSA) is 56.2 Å².